The van der Waals surface area contributed by atoms with Gasteiger partial charge in [0.05, 0.1) is 5.39 Å². The van der Waals surface area contributed by atoms with Crippen molar-refractivity contribution in [3.63, 3.8) is 0 Å². The van der Waals surface area contributed by atoms with Crippen LogP contribution in [0.25, 0.3) is 10.2 Å². The summed E-state index contributed by atoms with van der Waals surface area (Å²) in [7, 11) is 0. The lowest BCUT2D eigenvalue weighted by Gasteiger charge is -2.09. The van der Waals surface area contributed by atoms with Crippen molar-refractivity contribution in [2.45, 2.75) is 26.3 Å². The molecule has 0 bridgehead atoms. The lowest BCUT2D eigenvalue weighted by Crippen LogP contribution is -2.04. The van der Waals surface area contributed by atoms with Crippen LogP contribution >= 0.6 is 11.3 Å². The van der Waals surface area contributed by atoms with Crippen LogP contribution in [0.5, 0.6) is 0 Å². The molecule has 3 rings (SSSR count). The van der Waals surface area contributed by atoms with Crippen molar-refractivity contribution in [3.05, 3.63) is 46.8 Å². The van der Waals surface area contributed by atoms with E-state index in [9.17, 15) is 0 Å². The summed E-state index contributed by atoms with van der Waals surface area (Å²) in [5.74, 6) is 1.66. The Morgan fingerprint density at radius 3 is 2.62 bits per heavy atom. The van der Waals surface area contributed by atoms with Crippen molar-refractivity contribution >= 4 is 33.3 Å². The average molecular weight is 298 g/mol. The number of fused-ring (bicyclic) bond motifs is 1. The van der Waals surface area contributed by atoms with Gasteiger partial charge in [-0.05, 0) is 28.5 Å². The van der Waals surface area contributed by atoms with E-state index in [0.29, 0.717) is 11.9 Å². The minimum Gasteiger partial charge on any atom is -0.368 e. The maximum Gasteiger partial charge on any atom is 0.223 e. The Morgan fingerprint density at radius 1 is 1.14 bits per heavy atom. The van der Waals surface area contributed by atoms with Crippen LogP contribution in [0.15, 0.2) is 35.7 Å². The zero-order chi connectivity index (χ0) is 14.8. The highest BCUT2D eigenvalue weighted by atomic mass is 32.1. The lowest BCUT2D eigenvalue weighted by atomic mass is 10.0. The van der Waals surface area contributed by atoms with Crippen LogP contribution in [0.4, 0.5) is 11.8 Å². The molecule has 0 unspecified atom stereocenters. The van der Waals surface area contributed by atoms with Crippen LogP contribution in [0.3, 0.4) is 0 Å². The first kappa shape index (κ1) is 13.8. The summed E-state index contributed by atoms with van der Waals surface area (Å²) in [5.41, 5.74) is 8.32. The van der Waals surface area contributed by atoms with Crippen LogP contribution in [0.2, 0.25) is 0 Å². The summed E-state index contributed by atoms with van der Waals surface area (Å²) < 4.78 is 0. The number of nitrogens with zero attached hydrogens (tertiary/aromatic N) is 2. The van der Waals surface area contributed by atoms with E-state index in [0.717, 1.165) is 22.6 Å². The molecule has 0 saturated heterocycles. The van der Waals surface area contributed by atoms with E-state index >= 15 is 0 Å². The normalized spacial score (nSPS) is 11.2. The standard InChI is InChI=1S/C16H18N4S/c1-10(2)12-5-3-11(4-6-12)9-18-14-13-7-8-21-15(13)20-16(17)19-14/h3-8,10H,9H2,1-2H3,(H3,17,18,19,20). The summed E-state index contributed by atoms with van der Waals surface area (Å²) in [6.07, 6.45) is 0. The molecule has 0 radical (unpaired) electrons. The van der Waals surface area contributed by atoms with Crippen LogP contribution in [-0.2, 0) is 6.54 Å². The molecule has 0 aliphatic heterocycles. The number of anilines is 2. The van der Waals surface area contributed by atoms with Gasteiger partial charge in [-0.25, -0.2) is 4.98 Å². The Kier molecular flexibility index (Phi) is 3.75. The third kappa shape index (κ3) is 2.97. The molecule has 3 N–H and O–H groups in total. The zero-order valence-corrected chi connectivity index (χ0v) is 12.9. The van der Waals surface area contributed by atoms with Gasteiger partial charge in [-0.3, -0.25) is 0 Å². The SMILES string of the molecule is CC(C)c1ccc(CNc2nc(N)nc3sccc23)cc1. The minimum atomic E-state index is 0.308. The molecular formula is C16H18N4S. The number of hydrogen-bond acceptors (Lipinski definition) is 5. The molecule has 2 heterocycles. The second-order valence-corrected chi connectivity index (χ2v) is 6.21. The monoisotopic (exact) mass is 298 g/mol. The zero-order valence-electron chi connectivity index (χ0n) is 12.1. The molecule has 0 aliphatic carbocycles. The number of hydrogen-bond donors (Lipinski definition) is 2. The van der Waals surface area contributed by atoms with E-state index in [-0.39, 0.29) is 0 Å². The maximum atomic E-state index is 5.75. The van der Waals surface area contributed by atoms with Gasteiger partial charge in [-0.15, -0.1) is 11.3 Å². The van der Waals surface area contributed by atoms with Crippen LogP contribution < -0.4 is 11.1 Å². The summed E-state index contributed by atoms with van der Waals surface area (Å²) >= 11 is 1.57. The highest BCUT2D eigenvalue weighted by Gasteiger charge is 2.07. The fourth-order valence-corrected chi connectivity index (χ4v) is 2.98. The molecular weight excluding hydrogens is 280 g/mol. The minimum absolute atomic E-state index is 0.308. The van der Waals surface area contributed by atoms with E-state index in [1.807, 2.05) is 11.4 Å². The quantitative estimate of drug-likeness (QED) is 0.764. The van der Waals surface area contributed by atoms with E-state index in [2.05, 4.69) is 53.4 Å². The molecule has 0 aliphatic rings. The van der Waals surface area contributed by atoms with E-state index in [1.165, 1.54) is 11.1 Å². The average Bonchev–Trinajstić information content (AvgIpc) is 2.93. The number of benzene rings is 1. The van der Waals surface area contributed by atoms with Crippen LogP contribution in [0, 0.1) is 0 Å². The highest BCUT2D eigenvalue weighted by molar-refractivity contribution is 7.16. The van der Waals surface area contributed by atoms with Gasteiger partial charge in [0.25, 0.3) is 0 Å². The first-order valence-electron chi connectivity index (χ1n) is 6.97. The first-order chi connectivity index (χ1) is 10.1. The Hall–Kier alpha value is -2.14. The van der Waals surface area contributed by atoms with Gasteiger partial charge in [0, 0.05) is 6.54 Å². The maximum absolute atomic E-state index is 5.75. The Morgan fingerprint density at radius 2 is 1.90 bits per heavy atom. The summed E-state index contributed by atoms with van der Waals surface area (Å²) in [5, 5.41) is 6.38. The molecule has 0 atom stereocenters. The van der Waals surface area contributed by atoms with Crippen LogP contribution in [0.1, 0.15) is 30.9 Å². The summed E-state index contributed by atoms with van der Waals surface area (Å²) in [4.78, 5) is 9.44. The molecule has 5 heteroatoms. The number of rotatable bonds is 4. The molecule has 21 heavy (non-hydrogen) atoms. The molecule has 0 saturated carbocycles. The van der Waals surface area contributed by atoms with Crippen LogP contribution in [-0.4, -0.2) is 9.97 Å². The molecule has 3 aromatic rings. The van der Waals surface area contributed by atoms with Crippen molar-refractivity contribution in [1.29, 1.82) is 0 Å². The molecule has 1 aromatic carbocycles. The van der Waals surface area contributed by atoms with Crippen molar-refractivity contribution < 1.29 is 0 Å². The molecule has 0 spiro atoms. The fourth-order valence-electron chi connectivity index (χ4n) is 2.21. The largest absolute Gasteiger partial charge is 0.368 e. The highest BCUT2D eigenvalue weighted by Crippen LogP contribution is 2.26. The van der Waals surface area contributed by atoms with E-state index in [1.54, 1.807) is 11.3 Å². The number of nitrogen functional groups attached to an aromatic ring is 1. The third-order valence-electron chi connectivity index (χ3n) is 3.45. The Bertz CT molecular complexity index is 747. The van der Waals surface area contributed by atoms with Gasteiger partial charge in [-0.1, -0.05) is 38.1 Å². The van der Waals surface area contributed by atoms with Gasteiger partial charge in [0.15, 0.2) is 0 Å². The smallest absolute Gasteiger partial charge is 0.223 e. The summed E-state index contributed by atoms with van der Waals surface area (Å²) in [6.45, 7) is 5.12. The van der Waals surface area contributed by atoms with Crippen molar-refractivity contribution in [2.75, 3.05) is 11.1 Å². The second kappa shape index (κ2) is 5.69. The molecule has 0 fully saturated rings. The summed E-state index contributed by atoms with van der Waals surface area (Å²) in [6, 6.07) is 10.7. The van der Waals surface area contributed by atoms with Crippen molar-refractivity contribution in [2.24, 2.45) is 0 Å². The Labute approximate surface area is 128 Å². The molecule has 2 aromatic heterocycles. The van der Waals surface area contributed by atoms with Crippen molar-refractivity contribution in [3.8, 4) is 0 Å². The number of aromatic nitrogens is 2. The topological polar surface area (TPSA) is 63.8 Å². The van der Waals surface area contributed by atoms with Gasteiger partial charge >= 0.3 is 0 Å². The third-order valence-corrected chi connectivity index (χ3v) is 4.26. The van der Waals surface area contributed by atoms with E-state index in [4.69, 9.17) is 5.73 Å². The second-order valence-electron chi connectivity index (χ2n) is 5.32. The predicted octanol–water partition coefficient (Wildman–Crippen LogP) is 4.01. The molecule has 4 nitrogen and oxygen atoms in total. The van der Waals surface area contributed by atoms with Gasteiger partial charge < -0.3 is 11.1 Å². The number of thiophene rings is 1. The lowest BCUT2D eigenvalue weighted by molar-refractivity contribution is 0.865. The number of nitrogens with one attached hydrogen (secondary N) is 1. The number of nitrogens with two attached hydrogens (primary N) is 1. The Balaban J connectivity index is 1.78. The predicted molar refractivity (Wildman–Crippen MR) is 89.7 cm³/mol. The fraction of sp³-hybridized carbons (Fsp3) is 0.250. The van der Waals surface area contributed by atoms with Gasteiger partial charge in [0.2, 0.25) is 5.95 Å². The molecule has 108 valence electrons. The van der Waals surface area contributed by atoms with Gasteiger partial charge in [-0.2, -0.15) is 4.98 Å². The van der Waals surface area contributed by atoms with Crippen molar-refractivity contribution in [1.82, 2.24) is 9.97 Å². The first-order valence-corrected chi connectivity index (χ1v) is 7.85. The van der Waals surface area contributed by atoms with E-state index < -0.39 is 0 Å². The molecule has 0 amide bonds. The van der Waals surface area contributed by atoms with Gasteiger partial charge in [0.1, 0.15) is 10.6 Å².